The lowest BCUT2D eigenvalue weighted by Gasteiger charge is -2.41. The van der Waals surface area contributed by atoms with Crippen molar-refractivity contribution in [1.29, 1.82) is 0 Å². The van der Waals surface area contributed by atoms with Crippen LogP contribution in [0.1, 0.15) is 26.2 Å². The molecule has 2 saturated heterocycles. The molecule has 2 aromatic rings. The number of carbonyl (C=O) groups excluding carboxylic acids is 1. The van der Waals surface area contributed by atoms with Crippen LogP contribution in [-0.4, -0.2) is 45.3 Å². The van der Waals surface area contributed by atoms with Gasteiger partial charge in [0.15, 0.2) is 12.0 Å². The van der Waals surface area contributed by atoms with Gasteiger partial charge in [-0.3, -0.25) is 9.48 Å². The molecule has 0 saturated carbocycles. The van der Waals surface area contributed by atoms with Gasteiger partial charge >= 0.3 is 0 Å². The summed E-state index contributed by atoms with van der Waals surface area (Å²) in [5.41, 5.74) is 1.43. The van der Waals surface area contributed by atoms with Crippen LogP contribution in [0, 0.1) is 17.9 Å². The molecule has 0 aliphatic carbocycles. The maximum Gasteiger partial charge on any atom is 0.296 e. The summed E-state index contributed by atoms with van der Waals surface area (Å²) in [6.07, 6.45) is 8.03. The predicted octanol–water partition coefficient (Wildman–Crippen LogP) is 2.17. The molecular weight excluding hydrogens is 342 g/mol. The molecule has 2 fully saturated rings. The maximum atomic E-state index is 12.1. The van der Waals surface area contributed by atoms with Gasteiger partial charge in [-0.2, -0.15) is 5.10 Å². The zero-order chi connectivity index (χ0) is 19.0. The number of aromatic nitrogens is 4. The number of nitrogens with zero attached hydrogens (tertiary/aromatic N) is 6. The van der Waals surface area contributed by atoms with Crippen molar-refractivity contribution in [2.24, 2.45) is 18.4 Å². The normalized spacial score (nSPS) is 21.3. The first kappa shape index (κ1) is 17.5. The van der Waals surface area contributed by atoms with Crippen molar-refractivity contribution in [3.8, 4) is 11.3 Å². The van der Waals surface area contributed by atoms with E-state index < -0.39 is 0 Å². The van der Waals surface area contributed by atoms with Crippen LogP contribution in [0.2, 0.25) is 0 Å². The second-order valence-electron chi connectivity index (χ2n) is 7.44. The summed E-state index contributed by atoms with van der Waals surface area (Å²) in [6, 6.07) is 0. The monoisotopic (exact) mass is 365 g/mol. The van der Waals surface area contributed by atoms with E-state index in [9.17, 15) is 4.79 Å². The molecule has 1 amide bonds. The van der Waals surface area contributed by atoms with Crippen molar-refractivity contribution in [3.63, 3.8) is 0 Å². The third-order valence-electron chi connectivity index (χ3n) is 5.99. The Kier molecular flexibility index (Phi) is 4.30. The van der Waals surface area contributed by atoms with Gasteiger partial charge in [-0.25, -0.2) is 4.98 Å². The minimum atomic E-state index is 0.0679. The Bertz CT molecular complexity index is 905. The summed E-state index contributed by atoms with van der Waals surface area (Å²) in [5.74, 6) is 1.38. The van der Waals surface area contributed by atoms with E-state index in [-0.39, 0.29) is 23.1 Å². The Hall–Kier alpha value is -2.95. The van der Waals surface area contributed by atoms with Gasteiger partial charge < -0.3 is 15.1 Å². The van der Waals surface area contributed by atoms with Gasteiger partial charge in [0.1, 0.15) is 5.69 Å². The third kappa shape index (κ3) is 2.93. The number of piperidine rings is 1. The average Bonchev–Trinajstić information content (AvgIpc) is 3.25. The first-order valence-corrected chi connectivity index (χ1v) is 9.32. The lowest BCUT2D eigenvalue weighted by Crippen LogP contribution is -2.44. The summed E-state index contributed by atoms with van der Waals surface area (Å²) in [5, 5.41) is 7.23. The van der Waals surface area contributed by atoms with Crippen molar-refractivity contribution in [2.75, 3.05) is 24.5 Å². The minimum Gasteiger partial charge on any atom is -0.359 e. The number of amides is 1. The van der Waals surface area contributed by atoms with E-state index in [1.807, 2.05) is 13.2 Å². The zero-order valence-electron chi connectivity index (χ0n) is 15.6. The zero-order valence-corrected chi connectivity index (χ0v) is 15.6. The van der Waals surface area contributed by atoms with Gasteiger partial charge in [-0.15, -0.1) is 4.98 Å². The van der Waals surface area contributed by atoms with Gasteiger partial charge in [-0.05, 0) is 19.3 Å². The van der Waals surface area contributed by atoms with Crippen LogP contribution >= 0.6 is 0 Å². The van der Waals surface area contributed by atoms with Crippen LogP contribution in [0.25, 0.3) is 16.1 Å². The fraction of sp³-hybridized carbons (Fsp3) is 0.526. The van der Waals surface area contributed by atoms with Crippen LogP contribution in [0.3, 0.4) is 0 Å². The highest BCUT2D eigenvalue weighted by molar-refractivity contribution is 5.82. The van der Waals surface area contributed by atoms with E-state index >= 15 is 0 Å². The second-order valence-corrected chi connectivity index (χ2v) is 7.44. The van der Waals surface area contributed by atoms with Crippen LogP contribution in [0.15, 0.2) is 18.6 Å². The lowest BCUT2D eigenvalue weighted by molar-refractivity contribution is -0.124. The van der Waals surface area contributed by atoms with Crippen molar-refractivity contribution in [3.05, 3.63) is 30.0 Å². The number of anilines is 1. The first-order valence-electron chi connectivity index (χ1n) is 9.32. The summed E-state index contributed by atoms with van der Waals surface area (Å²) < 4.78 is 1.69. The molecule has 8 heteroatoms. The number of aryl methyl sites for hydroxylation is 1. The van der Waals surface area contributed by atoms with Crippen LogP contribution in [-0.2, 0) is 11.8 Å². The number of hydrogen-bond donors (Lipinski definition) is 1. The molecule has 140 valence electrons. The predicted molar refractivity (Wildman–Crippen MR) is 101 cm³/mol. The van der Waals surface area contributed by atoms with Crippen molar-refractivity contribution >= 4 is 17.5 Å². The van der Waals surface area contributed by atoms with Crippen LogP contribution < -0.4 is 10.2 Å². The standard InChI is InChI=1S/C19H23N7O/c1-4-14-18(27)22-12-19(14)5-7-26(8-6-19)15-10-21-17(20-2)16(24-15)13-9-23-25(3)11-13/h9-11,14H,4-8,12H2,1,3H3,(H,22,27). The molecule has 0 radical (unpaired) electrons. The minimum absolute atomic E-state index is 0.0679. The molecule has 2 aliphatic rings. The second kappa shape index (κ2) is 6.65. The molecule has 2 aliphatic heterocycles. The lowest BCUT2D eigenvalue weighted by atomic mass is 9.69. The van der Waals surface area contributed by atoms with Crippen molar-refractivity contribution in [1.82, 2.24) is 25.1 Å². The molecule has 1 N–H and O–H groups in total. The van der Waals surface area contributed by atoms with Crippen molar-refractivity contribution < 1.29 is 4.79 Å². The number of carbonyl (C=O) groups is 1. The van der Waals surface area contributed by atoms with Gasteiger partial charge in [0.2, 0.25) is 5.91 Å². The van der Waals surface area contributed by atoms with Crippen molar-refractivity contribution in [2.45, 2.75) is 26.2 Å². The number of rotatable bonds is 3. The highest BCUT2D eigenvalue weighted by Crippen LogP contribution is 2.44. The molecule has 0 bridgehead atoms. The molecular formula is C19H23N7O. The highest BCUT2D eigenvalue weighted by Gasteiger charge is 2.48. The number of hydrogen-bond acceptors (Lipinski definition) is 5. The van der Waals surface area contributed by atoms with E-state index in [4.69, 9.17) is 11.6 Å². The van der Waals surface area contributed by atoms with E-state index in [2.05, 4.69) is 32.1 Å². The van der Waals surface area contributed by atoms with Gasteiger partial charge in [0.25, 0.3) is 5.82 Å². The Morgan fingerprint density at radius 1 is 1.37 bits per heavy atom. The highest BCUT2D eigenvalue weighted by atomic mass is 16.2. The summed E-state index contributed by atoms with van der Waals surface area (Å²) in [7, 11) is 1.84. The fourth-order valence-corrected chi connectivity index (χ4v) is 4.46. The smallest absolute Gasteiger partial charge is 0.296 e. The molecule has 1 unspecified atom stereocenters. The SMILES string of the molecule is [C-]#[N+]c1ncc(N2CCC3(CC2)CNC(=O)C3CC)nc1-c1cnn(C)c1. The largest absolute Gasteiger partial charge is 0.359 e. The molecule has 4 heterocycles. The van der Waals surface area contributed by atoms with E-state index in [1.165, 1.54) is 0 Å². The first-order chi connectivity index (χ1) is 13.1. The van der Waals surface area contributed by atoms with Gasteiger partial charge in [0, 0.05) is 49.8 Å². The molecule has 8 nitrogen and oxygen atoms in total. The molecule has 0 aromatic carbocycles. The van der Waals surface area contributed by atoms with E-state index in [1.54, 1.807) is 17.1 Å². The molecule has 4 rings (SSSR count). The van der Waals surface area contributed by atoms with E-state index in [0.29, 0.717) is 5.69 Å². The quantitative estimate of drug-likeness (QED) is 0.843. The van der Waals surface area contributed by atoms with Gasteiger partial charge in [-0.1, -0.05) is 13.5 Å². The van der Waals surface area contributed by atoms with Gasteiger partial charge in [0.05, 0.1) is 6.20 Å². The Morgan fingerprint density at radius 2 is 2.15 bits per heavy atom. The maximum absolute atomic E-state index is 12.1. The van der Waals surface area contributed by atoms with E-state index in [0.717, 1.165) is 50.3 Å². The molecule has 1 spiro atoms. The van der Waals surface area contributed by atoms with Crippen LogP contribution in [0.4, 0.5) is 11.6 Å². The summed E-state index contributed by atoms with van der Waals surface area (Å²) in [6.45, 7) is 11.9. The van der Waals surface area contributed by atoms with Crippen LogP contribution in [0.5, 0.6) is 0 Å². The summed E-state index contributed by atoms with van der Waals surface area (Å²) >= 11 is 0. The topological polar surface area (TPSA) is 80.3 Å². The average molecular weight is 365 g/mol. The number of nitrogens with one attached hydrogen (secondary N) is 1. The third-order valence-corrected chi connectivity index (χ3v) is 5.99. The Balaban J connectivity index is 1.57. The summed E-state index contributed by atoms with van der Waals surface area (Å²) in [4.78, 5) is 26.9. The Labute approximate surface area is 158 Å². The Morgan fingerprint density at radius 3 is 2.78 bits per heavy atom. The molecule has 2 aromatic heterocycles. The molecule has 27 heavy (non-hydrogen) atoms. The fourth-order valence-electron chi connectivity index (χ4n) is 4.46. The molecule has 1 atom stereocenters.